The van der Waals surface area contributed by atoms with Gasteiger partial charge in [-0.1, -0.05) is 79.2 Å². The lowest BCUT2D eigenvalue weighted by Gasteiger charge is -2.11. The molecule has 0 atom stereocenters. The Morgan fingerprint density at radius 2 is 1.80 bits per heavy atom. The van der Waals surface area contributed by atoms with Crippen molar-refractivity contribution in [2.75, 3.05) is 12.4 Å². The summed E-state index contributed by atoms with van der Waals surface area (Å²) in [5, 5.41) is 9.27. The predicted molar refractivity (Wildman–Crippen MR) is 125 cm³/mol. The molecule has 0 saturated carbocycles. The number of benzene rings is 3. The summed E-state index contributed by atoms with van der Waals surface area (Å²) in [6.07, 6.45) is 3.22. The van der Waals surface area contributed by atoms with Crippen molar-refractivity contribution in [1.82, 2.24) is 0 Å². The lowest BCUT2D eigenvalue weighted by molar-refractivity contribution is -0.139. The van der Waals surface area contributed by atoms with Gasteiger partial charge < -0.3 is 9.84 Å². The van der Waals surface area contributed by atoms with Crippen molar-refractivity contribution in [3.8, 4) is 5.75 Å². The number of aryl methyl sites for hydroxylation is 1. The zero-order valence-corrected chi connectivity index (χ0v) is 18.2. The molecule has 0 aromatic heterocycles. The van der Waals surface area contributed by atoms with Gasteiger partial charge in [-0.3, -0.25) is 0 Å². The molecule has 3 rings (SSSR count). The molecule has 3 nitrogen and oxygen atoms in total. The Kier molecular flexibility index (Phi) is 8.00. The van der Waals surface area contributed by atoms with Crippen molar-refractivity contribution in [3.63, 3.8) is 0 Å². The van der Waals surface area contributed by atoms with Crippen LogP contribution in [0.15, 0.2) is 83.8 Å². The number of ether oxygens (including phenoxy) is 1. The number of thioether (sulfide) groups is 1. The van der Waals surface area contributed by atoms with E-state index in [9.17, 15) is 4.79 Å². The van der Waals surface area contributed by atoms with Gasteiger partial charge in [0.05, 0.1) is 5.02 Å². The molecule has 0 amide bonds. The molecular weight excluding hydrogens is 416 g/mol. The summed E-state index contributed by atoms with van der Waals surface area (Å²) in [5.74, 6) is 0.175. The number of hydrogen-bond acceptors (Lipinski definition) is 3. The van der Waals surface area contributed by atoms with Crippen LogP contribution in [0.5, 0.6) is 5.75 Å². The van der Waals surface area contributed by atoms with E-state index in [1.54, 1.807) is 23.9 Å². The highest BCUT2D eigenvalue weighted by Crippen LogP contribution is 2.32. The third-order valence-electron chi connectivity index (χ3n) is 4.52. The first-order chi connectivity index (χ1) is 14.6. The van der Waals surface area contributed by atoms with E-state index in [-0.39, 0.29) is 6.61 Å². The maximum Gasteiger partial charge on any atom is 0.341 e. The van der Waals surface area contributed by atoms with Gasteiger partial charge in [0.2, 0.25) is 0 Å². The Morgan fingerprint density at radius 1 is 1.03 bits per heavy atom. The second-order valence-corrected chi connectivity index (χ2v) is 8.09. The van der Waals surface area contributed by atoms with Crippen LogP contribution in [-0.4, -0.2) is 23.4 Å². The number of hydrogen-bond donors (Lipinski definition) is 1. The van der Waals surface area contributed by atoms with E-state index in [4.69, 9.17) is 21.4 Å². The van der Waals surface area contributed by atoms with E-state index in [0.29, 0.717) is 10.8 Å². The fourth-order valence-electron chi connectivity index (χ4n) is 3.03. The maximum atomic E-state index is 10.6. The van der Waals surface area contributed by atoms with Crippen molar-refractivity contribution in [2.24, 2.45) is 0 Å². The fraction of sp³-hybridized carbons (Fsp3) is 0.160. The fourth-order valence-corrected chi connectivity index (χ4v) is 4.15. The van der Waals surface area contributed by atoms with Crippen LogP contribution in [0.25, 0.3) is 5.57 Å². The number of aliphatic carboxylic acids is 1. The summed E-state index contributed by atoms with van der Waals surface area (Å²) >= 11 is 7.99. The van der Waals surface area contributed by atoms with Crippen molar-refractivity contribution >= 4 is 34.9 Å². The standard InChI is InChI=1S/C25H23ClO3S/c1-2-18-7-6-10-20(15-18)22(19-8-4-3-5-9-19)13-14-30-24-12-11-21(16-23(24)26)29-17-25(27)28/h3-13,15-16H,2,14,17H2,1H3,(H,27,28)/b22-13-. The second-order valence-electron chi connectivity index (χ2n) is 6.62. The molecule has 0 spiro atoms. The molecule has 0 unspecified atom stereocenters. The first kappa shape index (κ1) is 22.0. The molecule has 0 aliphatic rings. The number of carboxylic acid groups (broad SMARTS) is 1. The molecule has 154 valence electrons. The van der Waals surface area contributed by atoms with Crippen LogP contribution < -0.4 is 4.74 Å². The van der Waals surface area contributed by atoms with Gasteiger partial charge in [-0.15, -0.1) is 11.8 Å². The van der Waals surface area contributed by atoms with E-state index in [0.717, 1.165) is 17.1 Å². The molecule has 5 heteroatoms. The second kappa shape index (κ2) is 10.9. The zero-order chi connectivity index (χ0) is 21.3. The average molecular weight is 439 g/mol. The SMILES string of the molecule is CCc1cccc(/C(=C\CSc2ccc(OCC(=O)O)cc2Cl)c2ccccc2)c1. The normalized spacial score (nSPS) is 11.3. The summed E-state index contributed by atoms with van der Waals surface area (Å²) in [7, 11) is 0. The molecule has 30 heavy (non-hydrogen) atoms. The van der Waals surface area contributed by atoms with Crippen LogP contribution in [-0.2, 0) is 11.2 Å². The lowest BCUT2D eigenvalue weighted by Crippen LogP contribution is -2.09. The maximum absolute atomic E-state index is 10.6. The van der Waals surface area contributed by atoms with Crippen LogP contribution in [0.2, 0.25) is 5.02 Å². The summed E-state index contributed by atoms with van der Waals surface area (Å²) in [4.78, 5) is 11.6. The van der Waals surface area contributed by atoms with Gasteiger partial charge in [-0.2, -0.15) is 0 Å². The molecule has 0 radical (unpaired) electrons. The molecule has 0 fully saturated rings. The number of rotatable bonds is 9. The van der Waals surface area contributed by atoms with E-state index in [1.807, 2.05) is 24.3 Å². The quantitative estimate of drug-likeness (QED) is 0.383. The largest absolute Gasteiger partial charge is 0.482 e. The van der Waals surface area contributed by atoms with Crippen LogP contribution in [0.3, 0.4) is 0 Å². The molecule has 0 heterocycles. The third kappa shape index (κ3) is 6.15. The molecular formula is C25H23ClO3S. The van der Waals surface area contributed by atoms with Crippen molar-refractivity contribution < 1.29 is 14.6 Å². The highest BCUT2D eigenvalue weighted by molar-refractivity contribution is 7.99. The molecule has 3 aromatic carbocycles. The van der Waals surface area contributed by atoms with Gasteiger partial charge >= 0.3 is 5.97 Å². The van der Waals surface area contributed by atoms with Gasteiger partial charge in [-0.05, 0) is 46.9 Å². The summed E-state index contributed by atoms with van der Waals surface area (Å²) in [6, 6.07) is 24.2. The monoisotopic (exact) mass is 438 g/mol. The molecule has 1 N–H and O–H groups in total. The topological polar surface area (TPSA) is 46.5 Å². The Morgan fingerprint density at radius 3 is 2.50 bits per heavy atom. The highest BCUT2D eigenvalue weighted by atomic mass is 35.5. The van der Waals surface area contributed by atoms with Gasteiger partial charge in [0.15, 0.2) is 6.61 Å². The van der Waals surface area contributed by atoms with Crippen LogP contribution in [0.4, 0.5) is 0 Å². The lowest BCUT2D eigenvalue weighted by atomic mass is 9.96. The minimum absolute atomic E-state index is 0.386. The van der Waals surface area contributed by atoms with Gasteiger partial charge in [0.1, 0.15) is 5.75 Å². The van der Waals surface area contributed by atoms with Gasteiger partial charge in [0.25, 0.3) is 0 Å². The summed E-state index contributed by atoms with van der Waals surface area (Å²) in [6.45, 7) is 1.77. The summed E-state index contributed by atoms with van der Waals surface area (Å²) in [5.41, 5.74) is 4.87. The van der Waals surface area contributed by atoms with Gasteiger partial charge in [0, 0.05) is 10.6 Å². The molecule has 0 bridgehead atoms. The Labute approximate surface area is 186 Å². The molecule has 0 aliphatic carbocycles. The van der Waals surface area contributed by atoms with E-state index in [1.165, 1.54) is 22.3 Å². The minimum Gasteiger partial charge on any atom is -0.482 e. The van der Waals surface area contributed by atoms with Crippen molar-refractivity contribution in [2.45, 2.75) is 18.2 Å². The third-order valence-corrected chi connectivity index (χ3v) is 5.95. The minimum atomic E-state index is -1.02. The number of carbonyl (C=O) groups is 1. The Balaban J connectivity index is 1.79. The number of halogens is 1. The smallest absolute Gasteiger partial charge is 0.341 e. The van der Waals surface area contributed by atoms with Crippen molar-refractivity contribution in [1.29, 1.82) is 0 Å². The van der Waals surface area contributed by atoms with Gasteiger partial charge in [-0.25, -0.2) is 4.79 Å². The zero-order valence-electron chi connectivity index (χ0n) is 16.7. The highest BCUT2D eigenvalue weighted by Gasteiger charge is 2.08. The first-order valence-electron chi connectivity index (χ1n) is 9.68. The number of carboxylic acids is 1. The van der Waals surface area contributed by atoms with E-state index < -0.39 is 5.97 Å². The van der Waals surface area contributed by atoms with E-state index in [2.05, 4.69) is 49.4 Å². The Hall–Kier alpha value is -2.69. The average Bonchev–Trinajstić information content (AvgIpc) is 2.77. The van der Waals surface area contributed by atoms with Crippen LogP contribution in [0.1, 0.15) is 23.6 Å². The van der Waals surface area contributed by atoms with E-state index >= 15 is 0 Å². The molecule has 3 aromatic rings. The molecule has 0 saturated heterocycles. The predicted octanol–water partition coefficient (Wildman–Crippen LogP) is 6.59. The van der Waals surface area contributed by atoms with Crippen LogP contribution in [0, 0.1) is 0 Å². The Bertz CT molecular complexity index is 1030. The van der Waals surface area contributed by atoms with Crippen LogP contribution >= 0.6 is 23.4 Å². The molecule has 0 aliphatic heterocycles. The first-order valence-corrected chi connectivity index (χ1v) is 11.0. The van der Waals surface area contributed by atoms with Crippen molar-refractivity contribution in [3.05, 3.63) is 101 Å². The summed E-state index contributed by atoms with van der Waals surface area (Å²) < 4.78 is 5.18.